The molecule has 1 aromatic rings. The molecule has 0 bridgehead atoms. The van der Waals surface area contributed by atoms with Crippen molar-refractivity contribution >= 4 is 9.84 Å². The second kappa shape index (κ2) is 5.94. The molecule has 1 atom stereocenters. The maximum absolute atomic E-state index is 13.3. The molecule has 0 radical (unpaired) electrons. The van der Waals surface area contributed by atoms with Gasteiger partial charge in [-0.25, -0.2) is 8.42 Å². The highest BCUT2D eigenvalue weighted by atomic mass is 32.2. The Bertz CT molecular complexity index is 578. The fourth-order valence-electron chi connectivity index (χ4n) is 2.44. The second-order valence-corrected chi connectivity index (χ2v) is 7.09. The molecule has 0 unspecified atom stereocenters. The number of nitrogens with zero attached hydrogens (tertiary/aromatic N) is 1. The molecule has 1 N–H and O–H groups in total. The largest absolute Gasteiger partial charge is 0.408 e. The van der Waals surface area contributed by atoms with Crippen molar-refractivity contribution in [2.45, 2.75) is 17.1 Å². The van der Waals surface area contributed by atoms with Crippen molar-refractivity contribution in [3.63, 3.8) is 0 Å². The van der Waals surface area contributed by atoms with Crippen molar-refractivity contribution in [2.75, 3.05) is 32.4 Å². The van der Waals surface area contributed by atoms with Crippen molar-refractivity contribution in [1.29, 1.82) is 0 Å². The molecular weight excluding hydrogens is 305 g/mol. The SMILES string of the molecule is CS(=O)(=O)c1ccc([C@H](N2CCNCC2)C(F)(F)F)cc1. The Hall–Kier alpha value is -1.12. The Kier molecular flexibility index (Phi) is 4.60. The average Bonchev–Trinajstić information content (AvgIpc) is 2.38. The second-order valence-electron chi connectivity index (χ2n) is 5.07. The third-order valence-corrected chi connectivity index (χ3v) is 4.58. The van der Waals surface area contributed by atoms with Gasteiger partial charge < -0.3 is 5.32 Å². The molecule has 2 rings (SSSR count). The number of sulfone groups is 1. The van der Waals surface area contributed by atoms with Gasteiger partial charge in [-0.3, -0.25) is 4.90 Å². The molecule has 1 heterocycles. The molecule has 118 valence electrons. The highest BCUT2D eigenvalue weighted by molar-refractivity contribution is 7.90. The Morgan fingerprint density at radius 3 is 2.10 bits per heavy atom. The quantitative estimate of drug-likeness (QED) is 0.918. The fourth-order valence-corrected chi connectivity index (χ4v) is 3.07. The third kappa shape index (κ3) is 3.96. The van der Waals surface area contributed by atoms with Gasteiger partial charge in [0.2, 0.25) is 0 Å². The summed E-state index contributed by atoms with van der Waals surface area (Å²) < 4.78 is 62.8. The van der Waals surface area contributed by atoms with E-state index < -0.39 is 22.1 Å². The first-order valence-electron chi connectivity index (χ1n) is 6.51. The summed E-state index contributed by atoms with van der Waals surface area (Å²) in [5.74, 6) is 0. The van der Waals surface area contributed by atoms with Crippen molar-refractivity contribution in [3.05, 3.63) is 29.8 Å². The minimum absolute atomic E-state index is 0.0208. The lowest BCUT2D eigenvalue weighted by atomic mass is 10.0. The summed E-state index contributed by atoms with van der Waals surface area (Å²) in [7, 11) is -3.41. The van der Waals surface area contributed by atoms with E-state index in [1.165, 1.54) is 29.2 Å². The number of piperazine rings is 1. The normalized spacial score (nSPS) is 19.4. The number of nitrogens with one attached hydrogen (secondary N) is 1. The topological polar surface area (TPSA) is 49.4 Å². The van der Waals surface area contributed by atoms with Gasteiger partial charge in [-0.15, -0.1) is 0 Å². The molecule has 4 nitrogen and oxygen atoms in total. The number of rotatable bonds is 3. The molecule has 1 saturated heterocycles. The maximum atomic E-state index is 13.3. The van der Waals surface area contributed by atoms with Crippen LogP contribution in [-0.2, 0) is 9.84 Å². The molecule has 0 saturated carbocycles. The first kappa shape index (κ1) is 16.3. The monoisotopic (exact) mass is 322 g/mol. The number of halogens is 3. The third-order valence-electron chi connectivity index (χ3n) is 3.45. The minimum Gasteiger partial charge on any atom is -0.314 e. The van der Waals surface area contributed by atoms with Crippen molar-refractivity contribution in [2.24, 2.45) is 0 Å². The highest BCUT2D eigenvalue weighted by Crippen LogP contribution is 2.38. The van der Waals surface area contributed by atoms with Gasteiger partial charge in [0.1, 0.15) is 6.04 Å². The van der Waals surface area contributed by atoms with Crippen LogP contribution in [0.1, 0.15) is 11.6 Å². The standard InChI is InChI=1S/C13H17F3N2O2S/c1-21(19,20)11-4-2-10(3-5-11)12(13(14,15)16)18-8-6-17-7-9-18/h2-5,12,17H,6-9H2,1H3/t12-/m0/s1. The summed E-state index contributed by atoms with van der Waals surface area (Å²) in [6.07, 6.45) is -3.37. The molecule has 1 aliphatic heterocycles. The van der Waals surface area contributed by atoms with Gasteiger partial charge in [0, 0.05) is 32.4 Å². The lowest BCUT2D eigenvalue weighted by molar-refractivity contribution is -0.187. The first-order valence-corrected chi connectivity index (χ1v) is 8.40. The first-order chi connectivity index (χ1) is 9.69. The molecule has 21 heavy (non-hydrogen) atoms. The van der Waals surface area contributed by atoms with Crippen LogP contribution in [0.3, 0.4) is 0 Å². The van der Waals surface area contributed by atoms with E-state index in [4.69, 9.17) is 0 Å². The molecule has 1 fully saturated rings. The Morgan fingerprint density at radius 2 is 1.67 bits per heavy atom. The van der Waals surface area contributed by atoms with Gasteiger partial charge in [-0.1, -0.05) is 12.1 Å². The number of hydrogen-bond donors (Lipinski definition) is 1. The molecule has 8 heteroatoms. The molecule has 0 aromatic heterocycles. The van der Waals surface area contributed by atoms with E-state index in [9.17, 15) is 21.6 Å². The van der Waals surface area contributed by atoms with E-state index in [0.717, 1.165) is 6.26 Å². The molecule has 1 aliphatic rings. The zero-order valence-corrected chi connectivity index (χ0v) is 12.3. The molecule has 1 aromatic carbocycles. The van der Waals surface area contributed by atoms with Crippen molar-refractivity contribution in [1.82, 2.24) is 10.2 Å². The molecule has 0 spiro atoms. The smallest absolute Gasteiger partial charge is 0.314 e. The Labute approximate surface area is 121 Å². The van der Waals surface area contributed by atoms with E-state index in [1.807, 2.05) is 0 Å². The summed E-state index contributed by atoms with van der Waals surface area (Å²) in [4.78, 5) is 1.39. The van der Waals surface area contributed by atoms with Crippen molar-refractivity contribution in [3.8, 4) is 0 Å². The van der Waals surface area contributed by atoms with Crippen LogP contribution in [0.15, 0.2) is 29.2 Å². The van der Waals surface area contributed by atoms with Gasteiger partial charge in [-0.05, 0) is 17.7 Å². The van der Waals surface area contributed by atoms with E-state index in [-0.39, 0.29) is 10.5 Å². The van der Waals surface area contributed by atoms with E-state index >= 15 is 0 Å². The van der Waals surface area contributed by atoms with Crippen molar-refractivity contribution < 1.29 is 21.6 Å². The summed E-state index contributed by atoms with van der Waals surface area (Å²) >= 11 is 0. The molecule has 0 aliphatic carbocycles. The van der Waals surface area contributed by atoms with E-state index in [1.54, 1.807) is 0 Å². The van der Waals surface area contributed by atoms with Crippen LogP contribution in [-0.4, -0.2) is 51.9 Å². The zero-order chi connectivity index (χ0) is 15.7. The highest BCUT2D eigenvalue weighted by Gasteiger charge is 2.44. The van der Waals surface area contributed by atoms with Crippen LogP contribution in [0.2, 0.25) is 0 Å². The Morgan fingerprint density at radius 1 is 1.14 bits per heavy atom. The van der Waals surface area contributed by atoms with Gasteiger partial charge in [0.15, 0.2) is 9.84 Å². The van der Waals surface area contributed by atoms with Gasteiger partial charge in [0.25, 0.3) is 0 Å². The molecule has 0 amide bonds. The summed E-state index contributed by atoms with van der Waals surface area (Å²) in [6, 6.07) is 3.25. The van der Waals surface area contributed by atoms with Gasteiger partial charge >= 0.3 is 6.18 Å². The number of alkyl halides is 3. The molecular formula is C13H17F3N2O2S. The van der Waals surface area contributed by atoms with Crippen LogP contribution in [0.5, 0.6) is 0 Å². The summed E-state index contributed by atoms with van der Waals surface area (Å²) in [6.45, 7) is 1.62. The zero-order valence-electron chi connectivity index (χ0n) is 11.5. The predicted molar refractivity (Wildman–Crippen MR) is 72.8 cm³/mol. The van der Waals surface area contributed by atoms with Crippen LogP contribution in [0.25, 0.3) is 0 Å². The summed E-state index contributed by atoms with van der Waals surface area (Å²) in [5, 5.41) is 3.01. The summed E-state index contributed by atoms with van der Waals surface area (Å²) in [5.41, 5.74) is 0.0665. The average molecular weight is 322 g/mol. The number of hydrogen-bond acceptors (Lipinski definition) is 4. The van der Waals surface area contributed by atoms with E-state index in [0.29, 0.717) is 26.2 Å². The fraction of sp³-hybridized carbons (Fsp3) is 0.538. The Balaban J connectivity index is 2.33. The minimum atomic E-state index is -4.40. The van der Waals surface area contributed by atoms with Gasteiger partial charge in [-0.2, -0.15) is 13.2 Å². The number of benzene rings is 1. The van der Waals surface area contributed by atoms with Crippen LogP contribution in [0.4, 0.5) is 13.2 Å². The van der Waals surface area contributed by atoms with Gasteiger partial charge in [0.05, 0.1) is 4.90 Å². The lowest BCUT2D eigenvalue weighted by Gasteiger charge is -2.36. The predicted octanol–water partition coefficient (Wildman–Crippen LogP) is 1.60. The van der Waals surface area contributed by atoms with Crippen LogP contribution < -0.4 is 5.32 Å². The maximum Gasteiger partial charge on any atom is 0.408 e. The van der Waals surface area contributed by atoms with E-state index in [2.05, 4.69) is 5.32 Å². The van der Waals surface area contributed by atoms with Crippen LogP contribution in [0, 0.1) is 0 Å². The lowest BCUT2D eigenvalue weighted by Crippen LogP contribution is -2.49. The van der Waals surface area contributed by atoms with Crippen LogP contribution >= 0.6 is 0 Å².